The minimum Gasteiger partial charge on any atom is -0.481 e. The first-order valence-electron chi connectivity index (χ1n) is 5.11. The van der Waals surface area contributed by atoms with Crippen molar-refractivity contribution in [1.29, 1.82) is 0 Å². The first kappa shape index (κ1) is 11.0. The van der Waals surface area contributed by atoms with Gasteiger partial charge in [0.25, 0.3) is 0 Å². The summed E-state index contributed by atoms with van der Waals surface area (Å²) in [5, 5.41) is 4.47. The van der Waals surface area contributed by atoms with E-state index < -0.39 is 0 Å². The van der Waals surface area contributed by atoms with Crippen molar-refractivity contribution in [2.45, 2.75) is 33.2 Å². The fourth-order valence-corrected chi connectivity index (χ4v) is 1.65. The average molecular weight is 197 g/mol. The Morgan fingerprint density at radius 2 is 2.14 bits per heavy atom. The van der Waals surface area contributed by atoms with Crippen LogP contribution < -0.4 is 10.5 Å². The lowest BCUT2D eigenvalue weighted by Gasteiger charge is -2.05. The third-order valence-electron chi connectivity index (χ3n) is 2.30. The molecule has 0 fully saturated rings. The quantitative estimate of drug-likeness (QED) is 0.765. The van der Waals surface area contributed by atoms with Crippen LogP contribution in [0.15, 0.2) is 0 Å². The summed E-state index contributed by atoms with van der Waals surface area (Å²) in [6.07, 6.45) is 1.77. The summed E-state index contributed by atoms with van der Waals surface area (Å²) in [6, 6.07) is 0. The Kier molecular flexibility index (Phi) is 3.95. The van der Waals surface area contributed by atoms with Gasteiger partial charge in [0.2, 0.25) is 5.88 Å². The molecule has 1 aromatic rings. The molecule has 80 valence electrons. The molecule has 4 heteroatoms. The van der Waals surface area contributed by atoms with Crippen molar-refractivity contribution < 1.29 is 4.74 Å². The number of nitrogens with zero attached hydrogens (tertiary/aromatic N) is 2. The zero-order chi connectivity index (χ0) is 10.6. The molecule has 1 heterocycles. The molecule has 0 radical (unpaired) electrons. The molecule has 0 aliphatic rings. The fraction of sp³-hybridized carbons (Fsp3) is 0.700. The van der Waals surface area contributed by atoms with Crippen LogP contribution in [0.1, 0.15) is 25.1 Å². The van der Waals surface area contributed by atoms with Crippen LogP contribution in [-0.2, 0) is 19.4 Å². The summed E-state index contributed by atoms with van der Waals surface area (Å²) >= 11 is 0. The Balaban J connectivity index is 3.11. The highest BCUT2D eigenvalue weighted by Crippen LogP contribution is 2.23. The molecule has 0 unspecified atom stereocenters. The maximum absolute atomic E-state index is 5.57. The number of rotatable bonds is 5. The van der Waals surface area contributed by atoms with Crippen molar-refractivity contribution >= 4 is 0 Å². The van der Waals surface area contributed by atoms with Gasteiger partial charge in [0.15, 0.2) is 0 Å². The van der Waals surface area contributed by atoms with Crippen LogP contribution in [0.25, 0.3) is 0 Å². The number of methoxy groups -OCH3 is 1. The van der Waals surface area contributed by atoms with Crippen LogP contribution in [0.2, 0.25) is 0 Å². The second-order valence-electron chi connectivity index (χ2n) is 3.14. The molecule has 0 atom stereocenters. The van der Waals surface area contributed by atoms with E-state index >= 15 is 0 Å². The number of hydrogen-bond acceptors (Lipinski definition) is 3. The summed E-state index contributed by atoms with van der Waals surface area (Å²) in [4.78, 5) is 0. The summed E-state index contributed by atoms with van der Waals surface area (Å²) in [6.45, 7) is 5.63. The van der Waals surface area contributed by atoms with Gasteiger partial charge in [0.1, 0.15) is 0 Å². The Morgan fingerprint density at radius 3 is 2.57 bits per heavy atom. The molecular formula is C10H19N3O. The lowest BCUT2D eigenvalue weighted by atomic mass is 10.1. The van der Waals surface area contributed by atoms with E-state index in [9.17, 15) is 0 Å². The van der Waals surface area contributed by atoms with Crippen LogP contribution in [0, 0.1) is 0 Å². The van der Waals surface area contributed by atoms with E-state index in [2.05, 4.69) is 18.9 Å². The van der Waals surface area contributed by atoms with Gasteiger partial charge in [0.05, 0.1) is 12.8 Å². The molecule has 0 aliphatic heterocycles. The molecule has 0 amide bonds. The second-order valence-corrected chi connectivity index (χ2v) is 3.14. The maximum Gasteiger partial charge on any atom is 0.215 e. The predicted molar refractivity (Wildman–Crippen MR) is 56.6 cm³/mol. The van der Waals surface area contributed by atoms with E-state index in [4.69, 9.17) is 10.5 Å². The highest BCUT2D eigenvalue weighted by molar-refractivity contribution is 5.32. The van der Waals surface area contributed by atoms with Gasteiger partial charge in [-0.25, -0.2) is 4.68 Å². The molecular weight excluding hydrogens is 178 g/mol. The van der Waals surface area contributed by atoms with Crippen LogP contribution in [0.5, 0.6) is 5.88 Å². The van der Waals surface area contributed by atoms with E-state index in [0.29, 0.717) is 6.54 Å². The van der Waals surface area contributed by atoms with Crippen LogP contribution in [0.4, 0.5) is 0 Å². The molecule has 2 N–H and O–H groups in total. The van der Waals surface area contributed by atoms with Gasteiger partial charge in [-0.15, -0.1) is 0 Å². The maximum atomic E-state index is 5.57. The zero-order valence-corrected chi connectivity index (χ0v) is 9.21. The molecule has 0 spiro atoms. The monoisotopic (exact) mass is 197 g/mol. The van der Waals surface area contributed by atoms with Gasteiger partial charge in [-0.2, -0.15) is 5.10 Å². The number of hydrogen-bond donors (Lipinski definition) is 1. The van der Waals surface area contributed by atoms with Crippen molar-refractivity contribution in [3.63, 3.8) is 0 Å². The van der Waals surface area contributed by atoms with Gasteiger partial charge in [-0.05, 0) is 26.3 Å². The molecule has 4 nitrogen and oxygen atoms in total. The zero-order valence-electron chi connectivity index (χ0n) is 9.21. The van der Waals surface area contributed by atoms with Gasteiger partial charge in [0, 0.05) is 12.1 Å². The minimum absolute atomic E-state index is 0.638. The van der Waals surface area contributed by atoms with Crippen molar-refractivity contribution in [2.24, 2.45) is 5.73 Å². The lowest BCUT2D eigenvalue weighted by molar-refractivity contribution is 0.360. The van der Waals surface area contributed by atoms with Crippen molar-refractivity contribution in [1.82, 2.24) is 9.78 Å². The lowest BCUT2D eigenvalue weighted by Crippen LogP contribution is -2.06. The van der Waals surface area contributed by atoms with E-state index in [1.54, 1.807) is 7.11 Å². The molecule has 0 saturated carbocycles. The second kappa shape index (κ2) is 5.00. The van der Waals surface area contributed by atoms with Gasteiger partial charge in [-0.1, -0.05) is 6.92 Å². The molecule has 0 saturated heterocycles. The van der Waals surface area contributed by atoms with Gasteiger partial charge < -0.3 is 10.5 Å². The van der Waals surface area contributed by atoms with Crippen LogP contribution in [0.3, 0.4) is 0 Å². The Morgan fingerprint density at radius 1 is 1.43 bits per heavy atom. The number of aryl methyl sites for hydroxylation is 2. The van der Waals surface area contributed by atoms with Crippen LogP contribution in [-0.4, -0.2) is 23.4 Å². The van der Waals surface area contributed by atoms with E-state index in [0.717, 1.165) is 31.0 Å². The topological polar surface area (TPSA) is 53.1 Å². The SMILES string of the molecule is CCc1nn(CC)c(OC)c1CCN. The normalized spacial score (nSPS) is 10.6. The third kappa shape index (κ3) is 1.90. The van der Waals surface area contributed by atoms with E-state index in [1.165, 1.54) is 5.56 Å². The van der Waals surface area contributed by atoms with Gasteiger partial charge >= 0.3 is 0 Å². The van der Waals surface area contributed by atoms with Crippen LogP contribution >= 0.6 is 0 Å². The largest absolute Gasteiger partial charge is 0.481 e. The Hall–Kier alpha value is -1.03. The Bertz CT molecular complexity index is 294. The summed E-state index contributed by atoms with van der Waals surface area (Å²) < 4.78 is 7.24. The molecule has 1 aromatic heterocycles. The average Bonchev–Trinajstić information content (AvgIpc) is 2.56. The number of aromatic nitrogens is 2. The fourth-order valence-electron chi connectivity index (χ4n) is 1.65. The first-order chi connectivity index (χ1) is 6.78. The van der Waals surface area contributed by atoms with Crippen molar-refractivity contribution in [3.8, 4) is 5.88 Å². The standard InChI is InChI=1S/C10H19N3O/c1-4-9-8(6-7-11)10(14-3)13(5-2)12-9/h4-7,11H2,1-3H3. The summed E-state index contributed by atoms with van der Waals surface area (Å²) in [5.74, 6) is 0.870. The molecule has 1 rings (SSSR count). The highest BCUT2D eigenvalue weighted by atomic mass is 16.5. The van der Waals surface area contributed by atoms with Crippen molar-refractivity contribution in [3.05, 3.63) is 11.3 Å². The predicted octanol–water partition coefficient (Wildman–Crippen LogP) is 0.975. The number of ether oxygens (including phenoxy) is 1. The molecule has 0 bridgehead atoms. The molecule has 14 heavy (non-hydrogen) atoms. The summed E-state index contributed by atoms with van der Waals surface area (Å²) in [7, 11) is 1.68. The number of nitrogens with two attached hydrogens (primary N) is 1. The molecule has 0 aromatic carbocycles. The highest BCUT2D eigenvalue weighted by Gasteiger charge is 2.15. The third-order valence-corrected chi connectivity index (χ3v) is 2.30. The molecule has 0 aliphatic carbocycles. The van der Waals surface area contributed by atoms with Crippen molar-refractivity contribution in [2.75, 3.05) is 13.7 Å². The first-order valence-corrected chi connectivity index (χ1v) is 5.11. The minimum atomic E-state index is 0.638. The Labute approximate surface area is 85.0 Å². The smallest absolute Gasteiger partial charge is 0.215 e. The van der Waals surface area contributed by atoms with E-state index in [-0.39, 0.29) is 0 Å². The van der Waals surface area contributed by atoms with Gasteiger partial charge in [-0.3, -0.25) is 0 Å². The van der Waals surface area contributed by atoms with E-state index in [1.807, 2.05) is 4.68 Å². The summed E-state index contributed by atoms with van der Waals surface area (Å²) in [5.41, 5.74) is 7.84.